The van der Waals surface area contributed by atoms with E-state index in [0.717, 1.165) is 32.3 Å². The van der Waals surface area contributed by atoms with Crippen LogP contribution in [0.15, 0.2) is 24.5 Å². The normalized spacial score (nSPS) is 18.2. The van der Waals surface area contributed by atoms with E-state index < -0.39 is 0 Å². The molecular weight excluding hydrogens is 284 g/mol. The Morgan fingerprint density at radius 2 is 1.87 bits per heavy atom. The number of hydrogen-bond acceptors (Lipinski definition) is 2. The van der Waals surface area contributed by atoms with Crippen LogP contribution in [0.2, 0.25) is 0 Å². The van der Waals surface area contributed by atoms with Gasteiger partial charge in [0.1, 0.15) is 0 Å². The van der Waals surface area contributed by atoms with Gasteiger partial charge in [-0.1, -0.05) is 63.4 Å². The van der Waals surface area contributed by atoms with Crippen LogP contribution in [0.1, 0.15) is 84.0 Å². The maximum Gasteiger partial charge on any atom is 0.198 e. The second-order valence-electron chi connectivity index (χ2n) is 6.14. The monoisotopic (exact) mass is 318 g/mol. The quantitative estimate of drug-likeness (QED) is 0.259. The average Bonchev–Trinajstić information content (AvgIpc) is 2.59. The van der Waals surface area contributed by atoms with Gasteiger partial charge in [-0.3, -0.25) is 0 Å². The topological polar surface area (TPSA) is 18.5 Å². The minimum absolute atomic E-state index is 0.0465. The van der Waals surface area contributed by atoms with Crippen LogP contribution in [0.3, 0.4) is 0 Å². The predicted molar refractivity (Wildman–Crippen MR) is 98.0 cm³/mol. The molecule has 1 unspecified atom stereocenters. The lowest BCUT2D eigenvalue weighted by atomic mass is 10.1. The van der Waals surface area contributed by atoms with Gasteiger partial charge in [0.2, 0.25) is 0 Å². The summed E-state index contributed by atoms with van der Waals surface area (Å²) in [6.45, 7) is 3.09. The molecule has 130 valence electrons. The lowest BCUT2D eigenvalue weighted by Crippen LogP contribution is -2.19. The van der Waals surface area contributed by atoms with Gasteiger partial charge in [-0.15, -0.1) is 0 Å². The van der Waals surface area contributed by atoms with Gasteiger partial charge in [-0.25, -0.2) is 0 Å². The Labute approximate surface area is 143 Å². The molecule has 1 heterocycles. The van der Waals surface area contributed by atoms with Gasteiger partial charge in [0.15, 0.2) is 6.29 Å². The summed E-state index contributed by atoms with van der Waals surface area (Å²) in [5.41, 5.74) is 0. The molecule has 1 atom stereocenters. The fourth-order valence-corrected chi connectivity index (χ4v) is 2.55. The zero-order valence-corrected chi connectivity index (χ0v) is 14.9. The van der Waals surface area contributed by atoms with Crippen molar-refractivity contribution in [3.63, 3.8) is 0 Å². The number of unbranched alkanes of at least 4 members (excludes halogenated alkanes) is 7. The minimum atomic E-state index is -0.0465. The molecule has 0 aromatic rings. The third-order valence-corrected chi connectivity index (χ3v) is 3.96. The third kappa shape index (κ3) is 13.0. The Kier molecular flexibility index (Phi) is 13.5. The van der Waals surface area contributed by atoms with E-state index in [1.54, 1.807) is 6.26 Å². The maximum atomic E-state index is 5.50. The summed E-state index contributed by atoms with van der Waals surface area (Å²) < 4.78 is 11.0. The summed E-state index contributed by atoms with van der Waals surface area (Å²) in [7, 11) is 0. The van der Waals surface area contributed by atoms with Crippen LogP contribution < -0.4 is 0 Å². The highest BCUT2D eigenvalue weighted by molar-refractivity contribution is 5.16. The molecule has 1 aliphatic rings. The second-order valence-corrected chi connectivity index (χ2v) is 6.14. The molecule has 0 bridgehead atoms. The van der Waals surface area contributed by atoms with Crippen molar-refractivity contribution in [2.75, 3.05) is 6.61 Å². The smallest absolute Gasteiger partial charge is 0.198 e. The standard InChI is InChI=1S/C21H34O2/c1-2-3-4-5-6-7-8-9-10-11-12-13-14-16-19-22-21-18-15-17-20-23-21/h10-11,16,19,21H,2-9,14-15,17-18,20H2,1H3. The van der Waals surface area contributed by atoms with E-state index in [0.29, 0.717) is 0 Å². The van der Waals surface area contributed by atoms with Crippen LogP contribution >= 0.6 is 0 Å². The van der Waals surface area contributed by atoms with Crippen molar-refractivity contribution in [3.05, 3.63) is 24.5 Å². The van der Waals surface area contributed by atoms with Crippen LogP contribution in [0.25, 0.3) is 0 Å². The van der Waals surface area contributed by atoms with Crippen LogP contribution in [0.4, 0.5) is 0 Å². The molecule has 0 amide bonds. The molecule has 1 aliphatic heterocycles. The Bertz CT molecular complexity index is 367. The third-order valence-electron chi connectivity index (χ3n) is 3.96. The zero-order chi connectivity index (χ0) is 16.4. The maximum absolute atomic E-state index is 5.50. The van der Waals surface area contributed by atoms with E-state index in [1.807, 2.05) is 12.2 Å². The summed E-state index contributed by atoms with van der Waals surface area (Å²) in [4.78, 5) is 0. The SMILES string of the molecule is CCCCCCCCCC=CC#CCC=COC1CCCCO1. The summed E-state index contributed by atoms with van der Waals surface area (Å²) in [5.74, 6) is 6.18. The Hall–Kier alpha value is -1.20. The van der Waals surface area contributed by atoms with E-state index in [2.05, 4.69) is 24.8 Å². The lowest BCUT2D eigenvalue weighted by Gasteiger charge is -2.21. The molecule has 0 N–H and O–H groups in total. The van der Waals surface area contributed by atoms with E-state index >= 15 is 0 Å². The first-order chi connectivity index (χ1) is 11.4. The summed E-state index contributed by atoms with van der Waals surface area (Å²) >= 11 is 0. The van der Waals surface area contributed by atoms with Crippen molar-refractivity contribution in [3.8, 4) is 11.8 Å². The predicted octanol–water partition coefficient (Wildman–Crippen LogP) is 6.13. The molecule has 1 saturated heterocycles. The highest BCUT2D eigenvalue weighted by Gasteiger charge is 2.12. The molecule has 2 nitrogen and oxygen atoms in total. The van der Waals surface area contributed by atoms with Crippen molar-refractivity contribution in [2.45, 2.75) is 90.3 Å². The molecule has 0 radical (unpaired) electrons. The van der Waals surface area contributed by atoms with Crippen LogP contribution in [0.5, 0.6) is 0 Å². The summed E-state index contributed by atoms with van der Waals surface area (Å²) in [6, 6.07) is 0. The number of allylic oxidation sites excluding steroid dienone is 3. The molecule has 0 saturated carbocycles. The molecule has 0 aromatic heterocycles. The van der Waals surface area contributed by atoms with E-state index in [4.69, 9.17) is 9.47 Å². The van der Waals surface area contributed by atoms with E-state index in [1.165, 1.54) is 51.4 Å². The highest BCUT2D eigenvalue weighted by Crippen LogP contribution is 2.13. The van der Waals surface area contributed by atoms with E-state index in [-0.39, 0.29) is 6.29 Å². The van der Waals surface area contributed by atoms with Gasteiger partial charge in [0, 0.05) is 12.8 Å². The molecule has 0 aromatic carbocycles. The van der Waals surface area contributed by atoms with Gasteiger partial charge >= 0.3 is 0 Å². The average molecular weight is 319 g/mol. The highest BCUT2D eigenvalue weighted by atomic mass is 16.7. The first-order valence-corrected chi connectivity index (χ1v) is 9.49. The van der Waals surface area contributed by atoms with Gasteiger partial charge in [-0.2, -0.15) is 0 Å². The van der Waals surface area contributed by atoms with Crippen molar-refractivity contribution in [1.82, 2.24) is 0 Å². The largest absolute Gasteiger partial charge is 0.473 e. The van der Waals surface area contributed by atoms with Crippen LogP contribution in [-0.4, -0.2) is 12.9 Å². The molecule has 1 fully saturated rings. The second kappa shape index (κ2) is 15.7. The van der Waals surface area contributed by atoms with E-state index in [9.17, 15) is 0 Å². The number of rotatable bonds is 11. The van der Waals surface area contributed by atoms with Crippen LogP contribution in [0, 0.1) is 11.8 Å². The lowest BCUT2D eigenvalue weighted by molar-refractivity contribution is -0.129. The van der Waals surface area contributed by atoms with Gasteiger partial charge < -0.3 is 9.47 Å². The van der Waals surface area contributed by atoms with Crippen molar-refractivity contribution < 1.29 is 9.47 Å². The van der Waals surface area contributed by atoms with Crippen LogP contribution in [-0.2, 0) is 9.47 Å². The van der Waals surface area contributed by atoms with Gasteiger partial charge in [0.25, 0.3) is 0 Å². The first kappa shape index (κ1) is 19.8. The van der Waals surface area contributed by atoms with Gasteiger partial charge in [-0.05, 0) is 37.8 Å². The van der Waals surface area contributed by atoms with Crippen molar-refractivity contribution in [1.29, 1.82) is 0 Å². The Morgan fingerprint density at radius 3 is 2.65 bits per heavy atom. The minimum Gasteiger partial charge on any atom is -0.473 e. The number of hydrogen-bond donors (Lipinski definition) is 0. The fraction of sp³-hybridized carbons (Fsp3) is 0.714. The molecule has 2 heteroatoms. The molecule has 0 spiro atoms. The molecular formula is C21H34O2. The molecule has 23 heavy (non-hydrogen) atoms. The Balaban J connectivity index is 1.89. The van der Waals surface area contributed by atoms with Gasteiger partial charge in [0.05, 0.1) is 12.9 Å². The molecule has 0 aliphatic carbocycles. The fourth-order valence-electron chi connectivity index (χ4n) is 2.55. The van der Waals surface area contributed by atoms with Crippen molar-refractivity contribution >= 4 is 0 Å². The van der Waals surface area contributed by atoms with Crippen molar-refractivity contribution in [2.24, 2.45) is 0 Å². The zero-order valence-electron chi connectivity index (χ0n) is 14.9. The first-order valence-electron chi connectivity index (χ1n) is 9.49. The summed E-state index contributed by atoms with van der Waals surface area (Å²) in [6.07, 6.45) is 22.6. The number of ether oxygens (including phenoxy) is 2. The summed E-state index contributed by atoms with van der Waals surface area (Å²) in [5, 5.41) is 0. The molecule has 1 rings (SSSR count). The Morgan fingerprint density at radius 1 is 1.04 bits per heavy atom.